The fourth-order valence-corrected chi connectivity index (χ4v) is 4.09. The average Bonchev–Trinajstić information content (AvgIpc) is 3.15. The predicted molar refractivity (Wildman–Crippen MR) is 131 cm³/mol. The molecule has 2 saturated heterocycles. The molecule has 2 aliphatic heterocycles. The third kappa shape index (κ3) is 7.97. The van der Waals surface area contributed by atoms with Gasteiger partial charge in [-0.25, -0.2) is 0 Å². The first-order valence-electron chi connectivity index (χ1n) is 11.1. The Kier molecular flexibility index (Phi) is 11.4. The third-order valence-electron chi connectivity index (χ3n) is 5.89. The van der Waals surface area contributed by atoms with Crippen molar-refractivity contribution in [3.05, 3.63) is 17.5 Å². The smallest absolute Gasteiger partial charge is 0.194 e. The highest BCUT2D eigenvalue weighted by Gasteiger charge is 2.22. The quantitative estimate of drug-likeness (QED) is 0.311. The van der Waals surface area contributed by atoms with Gasteiger partial charge in [0.1, 0.15) is 5.76 Å². The summed E-state index contributed by atoms with van der Waals surface area (Å²) in [5.41, 5.74) is 1.02. The first kappa shape index (κ1) is 25.4. The van der Waals surface area contributed by atoms with Gasteiger partial charge in [0.2, 0.25) is 0 Å². The van der Waals surface area contributed by atoms with Gasteiger partial charge in [-0.15, -0.1) is 24.0 Å². The molecule has 172 valence electrons. The maximum Gasteiger partial charge on any atom is 0.194 e. The highest BCUT2D eigenvalue weighted by Crippen LogP contribution is 2.17. The number of hydrogen-bond acceptors (Lipinski definition) is 6. The van der Waals surface area contributed by atoms with Gasteiger partial charge < -0.3 is 24.4 Å². The van der Waals surface area contributed by atoms with Crippen LogP contribution in [0.5, 0.6) is 0 Å². The standard InChI is InChI=1S/C21H38N6O2.HI/c1-4-22-21(23-16-19-5-7-25(8-6-19)13-14-28-3)27-11-9-26(10-12-27)17-20-15-18(2)29-24-20;/h15,19H,4-14,16-17H2,1-3H3,(H,22,23);1H. The molecule has 8 nitrogen and oxygen atoms in total. The monoisotopic (exact) mass is 534 g/mol. The minimum atomic E-state index is 0. The van der Waals surface area contributed by atoms with Gasteiger partial charge >= 0.3 is 0 Å². The summed E-state index contributed by atoms with van der Waals surface area (Å²) in [6.07, 6.45) is 2.47. The van der Waals surface area contributed by atoms with Gasteiger partial charge in [-0.2, -0.15) is 0 Å². The molecule has 1 aromatic heterocycles. The molecule has 1 N–H and O–H groups in total. The molecule has 9 heteroatoms. The van der Waals surface area contributed by atoms with Crippen molar-refractivity contribution in [3.63, 3.8) is 0 Å². The van der Waals surface area contributed by atoms with Crippen LogP contribution in [-0.4, -0.2) is 98.4 Å². The van der Waals surface area contributed by atoms with Crippen molar-refractivity contribution < 1.29 is 9.26 Å². The maximum atomic E-state index is 5.20. The molecule has 0 saturated carbocycles. The van der Waals surface area contributed by atoms with Gasteiger partial charge in [0.15, 0.2) is 5.96 Å². The Bertz CT molecular complexity index is 625. The van der Waals surface area contributed by atoms with Crippen LogP contribution < -0.4 is 5.32 Å². The molecule has 0 radical (unpaired) electrons. The van der Waals surface area contributed by atoms with E-state index >= 15 is 0 Å². The number of aryl methyl sites for hydroxylation is 1. The fraction of sp³-hybridized carbons (Fsp3) is 0.810. The second-order valence-corrected chi connectivity index (χ2v) is 8.16. The van der Waals surface area contributed by atoms with Crippen LogP contribution in [0.2, 0.25) is 0 Å². The summed E-state index contributed by atoms with van der Waals surface area (Å²) >= 11 is 0. The molecule has 2 aliphatic rings. The first-order chi connectivity index (χ1) is 14.2. The predicted octanol–water partition coefficient (Wildman–Crippen LogP) is 2.04. The maximum absolute atomic E-state index is 5.20. The van der Waals surface area contributed by atoms with Crippen molar-refractivity contribution in [2.75, 3.05) is 72.6 Å². The Labute approximate surface area is 198 Å². The number of likely N-dealkylation sites (tertiary alicyclic amines) is 1. The van der Waals surface area contributed by atoms with E-state index in [9.17, 15) is 0 Å². The lowest BCUT2D eigenvalue weighted by atomic mass is 9.97. The van der Waals surface area contributed by atoms with Crippen LogP contribution in [-0.2, 0) is 11.3 Å². The van der Waals surface area contributed by atoms with E-state index in [2.05, 4.69) is 32.1 Å². The van der Waals surface area contributed by atoms with Crippen molar-refractivity contribution in [3.8, 4) is 0 Å². The van der Waals surface area contributed by atoms with Crippen LogP contribution in [0.15, 0.2) is 15.6 Å². The molecule has 0 amide bonds. The summed E-state index contributed by atoms with van der Waals surface area (Å²) in [5.74, 6) is 2.65. The van der Waals surface area contributed by atoms with E-state index in [1.807, 2.05) is 13.0 Å². The molecule has 0 bridgehead atoms. The molecule has 2 fully saturated rings. The SMILES string of the molecule is CCNC(=NCC1CCN(CCOC)CC1)N1CCN(Cc2cc(C)on2)CC1.I. The number of guanidine groups is 1. The lowest BCUT2D eigenvalue weighted by Crippen LogP contribution is -2.52. The minimum absolute atomic E-state index is 0. The molecule has 3 heterocycles. The molecule has 0 unspecified atom stereocenters. The zero-order valence-corrected chi connectivity index (χ0v) is 21.1. The number of nitrogens with one attached hydrogen (secondary N) is 1. The Hall–Kier alpha value is -0.910. The molecule has 0 atom stereocenters. The lowest BCUT2D eigenvalue weighted by Gasteiger charge is -2.36. The number of ether oxygens (including phenoxy) is 1. The van der Waals surface area contributed by atoms with Crippen LogP contribution in [0.4, 0.5) is 0 Å². The number of aromatic nitrogens is 1. The number of aliphatic imine (C=N–C) groups is 1. The topological polar surface area (TPSA) is 69.4 Å². The van der Waals surface area contributed by atoms with Crippen molar-refractivity contribution in [2.45, 2.75) is 33.2 Å². The van der Waals surface area contributed by atoms with E-state index in [1.54, 1.807) is 7.11 Å². The van der Waals surface area contributed by atoms with Crippen molar-refractivity contribution >= 4 is 29.9 Å². The second-order valence-electron chi connectivity index (χ2n) is 8.16. The molecular weight excluding hydrogens is 495 g/mol. The van der Waals surface area contributed by atoms with Crippen LogP contribution in [0.3, 0.4) is 0 Å². The highest BCUT2D eigenvalue weighted by atomic mass is 127. The van der Waals surface area contributed by atoms with E-state index in [1.165, 1.54) is 25.9 Å². The van der Waals surface area contributed by atoms with Crippen molar-refractivity contribution in [2.24, 2.45) is 10.9 Å². The summed E-state index contributed by atoms with van der Waals surface area (Å²) in [4.78, 5) is 12.3. The number of methoxy groups -OCH3 is 1. The average molecular weight is 534 g/mol. The summed E-state index contributed by atoms with van der Waals surface area (Å²) in [5, 5.41) is 7.62. The van der Waals surface area contributed by atoms with Gasteiger partial charge in [-0.1, -0.05) is 5.16 Å². The number of halogens is 1. The first-order valence-corrected chi connectivity index (χ1v) is 11.1. The molecule has 1 aromatic rings. The molecular formula is C21H39IN6O2. The van der Waals surface area contributed by atoms with Gasteiger partial charge in [-0.05, 0) is 45.7 Å². The fourth-order valence-electron chi connectivity index (χ4n) is 4.09. The Morgan fingerprint density at radius 3 is 2.53 bits per heavy atom. The number of piperazine rings is 1. The van der Waals surface area contributed by atoms with Gasteiger partial charge in [-0.3, -0.25) is 9.89 Å². The van der Waals surface area contributed by atoms with Crippen LogP contribution >= 0.6 is 24.0 Å². The summed E-state index contributed by atoms with van der Waals surface area (Å²) in [6.45, 7) is 15.0. The lowest BCUT2D eigenvalue weighted by molar-refractivity contribution is 0.121. The van der Waals surface area contributed by atoms with Crippen LogP contribution in [0.1, 0.15) is 31.2 Å². The molecule has 30 heavy (non-hydrogen) atoms. The summed E-state index contributed by atoms with van der Waals surface area (Å²) in [7, 11) is 1.78. The van der Waals surface area contributed by atoms with E-state index in [0.29, 0.717) is 5.92 Å². The largest absolute Gasteiger partial charge is 0.383 e. The number of nitrogens with zero attached hydrogens (tertiary/aromatic N) is 5. The molecule has 0 aromatic carbocycles. The zero-order chi connectivity index (χ0) is 20.5. The Morgan fingerprint density at radius 1 is 1.20 bits per heavy atom. The number of rotatable bonds is 8. The highest BCUT2D eigenvalue weighted by molar-refractivity contribution is 14.0. The van der Waals surface area contributed by atoms with Gasteiger partial charge in [0.05, 0.1) is 12.3 Å². The van der Waals surface area contributed by atoms with Crippen molar-refractivity contribution in [1.29, 1.82) is 0 Å². The normalized spacial score (nSPS) is 19.7. The van der Waals surface area contributed by atoms with E-state index in [-0.39, 0.29) is 24.0 Å². The Balaban J connectivity index is 0.00000320. The second kappa shape index (κ2) is 13.5. The third-order valence-corrected chi connectivity index (χ3v) is 5.89. The van der Waals surface area contributed by atoms with E-state index < -0.39 is 0 Å². The molecule has 0 spiro atoms. The summed E-state index contributed by atoms with van der Waals surface area (Å²) < 4.78 is 10.4. The number of piperidine rings is 1. The molecule has 0 aliphatic carbocycles. The molecule has 3 rings (SSSR count). The van der Waals surface area contributed by atoms with E-state index in [0.717, 1.165) is 76.4 Å². The minimum Gasteiger partial charge on any atom is -0.383 e. The van der Waals surface area contributed by atoms with Crippen LogP contribution in [0.25, 0.3) is 0 Å². The Morgan fingerprint density at radius 2 is 1.93 bits per heavy atom. The van der Waals surface area contributed by atoms with Gasteiger partial charge in [0, 0.05) is 65.5 Å². The van der Waals surface area contributed by atoms with Gasteiger partial charge in [0.25, 0.3) is 0 Å². The zero-order valence-electron chi connectivity index (χ0n) is 18.8. The summed E-state index contributed by atoms with van der Waals surface area (Å²) in [6, 6.07) is 2.03. The van der Waals surface area contributed by atoms with E-state index in [4.69, 9.17) is 14.3 Å². The van der Waals surface area contributed by atoms with Crippen LogP contribution in [0, 0.1) is 12.8 Å². The van der Waals surface area contributed by atoms with Crippen molar-refractivity contribution in [1.82, 2.24) is 25.2 Å². The number of hydrogen-bond donors (Lipinski definition) is 1.